The second kappa shape index (κ2) is 10.9. The van der Waals surface area contributed by atoms with Gasteiger partial charge in [-0.15, -0.1) is 0 Å². The van der Waals surface area contributed by atoms with Crippen molar-refractivity contribution in [1.82, 2.24) is 34.1 Å². The van der Waals surface area contributed by atoms with Crippen LogP contribution in [-0.4, -0.2) is 88.9 Å². The Hall–Kier alpha value is -2.84. The number of aromatic nitrogens is 7. The van der Waals surface area contributed by atoms with Gasteiger partial charge < -0.3 is 25.8 Å². The predicted molar refractivity (Wildman–Crippen MR) is 147 cm³/mol. The molecule has 23 heteroatoms. The topological polar surface area (TPSA) is 236 Å². The van der Waals surface area contributed by atoms with Crippen LogP contribution in [-0.2, 0) is 36.7 Å². The summed E-state index contributed by atoms with van der Waals surface area (Å²) in [5.41, 5.74) is 12.7. The van der Waals surface area contributed by atoms with Crippen molar-refractivity contribution >= 4 is 60.7 Å². The van der Waals surface area contributed by atoms with Crippen LogP contribution in [0.15, 0.2) is 31.2 Å². The number of anilines is 2. The lowest BCUT2D eigenvalue weighted by atomic mass is 10.1. The zero-order valence-electron chi connectivity index (χ0n) is 22.0. The van der Waals surface area contributed by atoms with E-state index in [1.807, 2.05) is 0 Å². The van der Waals surface area contributed by atoms with E-state index < -0.39 is 77.0 Å². The average molecular weight is 677 g/mol. The zero-order valence-corrected chi connectivity index (χ0v) is 24.7. The SMILES string of the molecule is Nc1ccnc2c1ncn2[C@@H]1O[C@@H]2COP(=O)(O)O[C@H]3[C@@H](F)[C@H](n4cnc5c(N)ncnc54)O[C@@H]3CO[P@](=O)(S)O[C@H]2[C@H]1F. The highest BCUT2D eigenvalue weighted by atomic mass is 32.7. The zero-order chi connectivity index (χ0) is 31.0. The summed E-state index contributed by atoms with van der Waals surface area (Å²) in [6, 6.07) is 1.50. The van der Waals surface area contributed by atoms with E-state index in [0.717, 1.165) is 6.33 Å². The van der Waals surface area contributed by atoms with Crippen LogP contribution in [0.25, 0.3) is 22.3 Å². The Morgan fingerprint density at radius 3 is 2.14 bits per heavy atom. The highest BCUT2D eigenvalue weighted by Crippen LogP contribution is 2.58. The van der Waals surface area contributed by atoms with Crippen molar-refractivity contribution in [3.05, 3.63) is 31.2 Å². The molecule has 1 unspecified atom stereocenters. The average Bonchev–Trinajstić information content (AvgIpc) is 3.73. The van der Waals surface area contributed by atoms with Crippen molar-refractivity contribution in [2.45, 2.75) is 49.2 Å². The first-order valence-corrected chi connectivity index (χ1v) is 17.0. The van der Waals surface area contributed by atoms with Gasteiger partial charge in [0.1, 0.15) is 41.8 Å². The molecular formula is C21H23F2N9O9P2S. The van der Waals surface area contributed by atoms with E-state index >= 15 is 8.78 Å². The number of pyridine rings is 1. The maximum atomic E-state index is 15.9. The number of hydrogen-bond acceptors (Lipinski definition) is 15. The molecule has 0 amide bonds. The normalized spacial score (nSPS) is 38.3. The van der Waals surface area contributed by atoms with Crippen molar-refractivity contribution in [3.63, 3.8) is 0 Å². The summed E-state index contributed by atoms with van der Waals surface area (Å²) in [5.74, 6) is 0.0254. The van der Waals surface area contributed by atoms with Gasteiger partial charge >= 0.3 is 14.6 Å². The van der Waals surface area contributed by atoms with Gasteiger partial charge in [0, 0.05) is 6.20 Å². The van der Waals surface area contributed by atoms with Crippen LogP contribution in [0, 0.1) is 0 Å². The van der Waals surface area contributed by atoms with E-state index in [4.69, 9.17) is 39.0 Å². The minimum Gasteiger partial charge on any atom is -0.397 e. The van der Waals surface area contributed by atoms with E-state index in [1.165, 1.54) is 34.1 Å². The quantitative estimate of drug-likeness (QED) is 0.175. The molecule has 0 bridgehead atoms. The largest absolute Gasteiger partial charge is 0.472 e. The Morgan fingerprint density at radius 2 is 1.45 bits per heavy atom. The first-order valence-electron chi connectivity index (χ1n) is 12.8. The van der Waals surface area contributed by atoms with Crippen LogP contribution in [0.2, 0.25) is 0 Å². The molecule has 0 radical (unpaired) electrons. The van der Waals surface area contributed by atoms with Crippen molar-refractivity contribution in [3.8, 4) is 0 Å². The molecule has 0 aromatic carbocycles. The van der Waals surface area contributed by atoms with E-state index in [2.05, 4.69) is 37.2 Å². The molecule has 10 atom stereocenters. The van der Waals surface area contributed by atoms with Crippen LogP contribution >= 0.6 is 26.9 Å². The third-order valence-corrected chi connectivity index (χ3v) is 9.87. The van der Waals surface area contributed by atoms with Crippen molar-refractivity contribution < 1.29 is 50.4 Å². The fraction of sp³-hybridized carbons (Fsp3) is 0.476. The molecule has 44 heavy (non-hydrogen) atoms. The van der Waals surface area contributed by atoms with Gasteiger partial charge in [-0.05, 0) is 6.07 Å². The van der Waals surface area contributed by atoms with Gasteiger partial charge in [-0.2, -0.15) is 0 Å². The van der Waals surface area contributed by atoms with Crippen LogP contribution in [0.4, 0.5) is 20.3 Å². The number of phosphoric ester groups is 1. The molecule has 7 heterocycles. The highest BCUT2D eigenvalue weighted by Gasteiger charge is 2.54. The molecule has 0 aliphatic carbocycles. The summed E-state index contributed by atoms with van der Waals surface area (Å²) >= 11 is 3.97. The van der Waals surface area contributed by atoms with Crippen LogP contribution < -0.4 is 11.5 Å². The molecule has 5 N–H and O–H groups in total. The second-order valence-electron chi connectivity index (χ2n) is 9.99. The molecule has 236 valence electrons. The Labute approximate surface area is 250 Å². The summed E-state index contributed by atoms with van der Waals surface area (Å²) in [7, 11) is -5.07. The lowest BCUT2D eigenvalue weighted by molar-refractivity contribution is -0.0605. The number of nitrogens with zero attached hydrogens (tertiary/aromatic N) is 7. The van der Waals surface area contributed by atoms with Crippen LogP contribution in [0.5, 0.6) is 0 Å². The minimum atomic E-state index is -5.07. The molecule has 0 saturated carbocycles. The number of imidazole rings is 2. The third-order valence-electron chi connectivity index (χ3n) is 7.27. The maximum absolute atomic E-state index is 15.9. The first-order chi connectivity index (χ1) is 20.9. The second-order valence-corrected chi connectivity index (χ2v) is 14.3. The Balaban J connectivity index is 1.17. The fourth-order valence-corrected chi connectivity index (χ4v) is 7.69. The lowest BCUT2D eigenvalue weighted by Gasteiger charge is -2.27. The number of ether oxygens (including phenoxy) is 2. The van der Waals surface area contributed by atoms with Crippen molar-refractivity contribution in [2.75, 3.05) is 24.7 Å². The number of phosphoric acid groups is 1. The van der Waals surface area contributed by atoms with Gasteiger partial charge in [-0.1, -0.05) is 12.2 Å². The van der Waals surface area contributed by atoms with E-state index in [0.29, 0.717) is 0 Å². The van der Waals surface area contributed by atoms with Crippen LogP contribution in [0.1, 0.15) is 12.5 Å². The summed E-state index contributed by atoms with van der Waals surface area (Å²) in [5, 5.41) is 0. The fourth-order valence-electron chi connectivity index (χ4n) is 5.26. The molecule has 3 aliphatic rings. The lowest BCUT2D eigenvalue weighted by Crippen LogP contribution is -2.37. The molecule has 3 aliphatic heterocycles. The van der Waals surface area contributed by atoms with Gasteiger partial charge in [0.15, 0.2) is 41.9 Å². The number of thiol groups is 1. The summed E-state index contributed by atoms with van der Waals surface area (Å²) < 4.78 is 93.2. The van der Waals surface area contributed by atoms with Gasteiger partial charge in [0.05, 0.1) is 31.6 Å². The number of hydrogen-bond donors (Lipinski definition) is 4. The molecule has 18 nitrogen and oxygen atoms in total. The first kappa shape index (κ1) is 29.8. The van der Waals surface area contributed by atoms with Crippen molar-refractivity contribution in [2.24, 2.45) is 0 Å². The van der Waals surface area contributed by atoms with Crippen LogP contribution in [0.3, 0.4) is 0 Å². The molecule has 4 aromatic rings. The van der Waals surface area contributed by atoms with Crippen molar-refractivity contribution in [1.29, 1.82) is 0 Å². The Kier molecular flexibility index (Phi) is 7.40. The number of nitrogen functional groups attached to an aromatic ring is 2. The van der Waals surface area contributed by atoms with Gasteiger partial charge in [-0.3, -0.25) is 27.2 Å². The van der Waals surface area contributed by atoms with E-state index in [1.54, 1.807) is 0 Å². The number of nitrogens with two attached hydrogens (primary N) is 2. The molecule has 0 spiro atoms. The van der Waals surface area contributed by atoms with Gasteiger partial charge in [0.2, 0.25) is 0 Å². The number of rotatable bonds is 2. The molecule has 4 aromatic heterocycles. The molecular weight excluding hydrogens is 654 g/mol. The summed E-state index contributed by atoms with van der Waals surface area (Å²) in [6.45, 7) is -5.95. The Morgan fingerprint density at radius 1 is 0.864 bits per heavy atom. The number of alkyl halides is 2. The smallest absolute Gasteiger partial charge is 0.397 e. The minimum absolute atomic E-state index is 0.0254. The van der Waals surface area contributed by atoms with Gasteiger partial charge in [-0.25, -0.2) is 42.8 Å². The molecule has 3 fully saturated rings. The number of halogens is 2. The highest BCUT2D eigenvalue weighted by molar-refractivity contribution is 8.44. The maximum Gasteiger partial charge on any atom is 0.472 e. The third kappa shape index (κ3) is 5.16. The monoisotopic (exact) mass is 677 g/mol. The molecule has 7 rings (SSSR count). The Bertz CT molecular complexity index is 1710. The van der Waals surface area contributed by atoms with E-state index in [9.17, 15) is 14.0 Å². The van der Waals surface area contributed by atoms with Gasteiger partial charge in [0.25, 0.3) is 0 Å². The standard InChI is InChI=1S/C21H23F2N9O9P2S/c22-11-15-10(39-20(11)32-7-30-14-17(25)27-5-28-19(14)32)4-37-43(35,44)41-16-9(3-36-42(33,34)40-15)38-21(12(16)23)31-6-29-13-8(24)1-2-26-18(13)31/h1-2,5-7,9-12,15-16,20-21H,3-4H2,(H2,24,26)(H,33,34)(H,35,44)(H2,25,27,28)/t9-,10-,11-,12-,15-,16-,20-,21-,43+/m1/s1. The summed E-state index contributed by atoms with van der Waals surface area (Å²) in [4.78, 5) is 30.8. The number of fused-ring (bicyclic) bond motifs is 4. The molecule has 3 saturated heterocycles. The summed E-state index contributed by atoms with van der Waals surface area (Å²) in [6.07, 6.45) is -8.62. The predicted octanol–water partition coefficient (Wildman–Crippen LogP) is 1.86. The van der Waals surface area contributed by atoms with E-state index in [-0.39, 0.29) is 33.8 Å².